The maximum Gasteiger partial charge on any atom is 0.416 e. The SMILES string of the molecule is CC(=O)Nc1ccc2nc(NC(=O)CNS(=O)(=O)c3cccc(C(F)(F)F)c3)sc2c1. The van der Waals surface area contributed by atoms with Crippen molar-refractivity contribution in [2.24, 2.45) is 0 Å². The summed E-state index contributed by atoms with van der Waals surface area (Å²) in [6, 6.07) is 8.14. The van der Waals surface area contributed by atoms with Gasteiger partial charge in [-0.3, -0.25) is 9.59 Å². The van der Waals surface area contributed by atoms with E-state index in [4.69, 9.17) is 0 Å². The quantitative estimate of drug-likeness (QED) is 0.509. The van der Waals surface area contributed by atoms with Crippen LogP contribution < -0.4 is 15.4 Å². The second-order valence-corrected chi connectivity index (χ2v) is 9.08. The molecule has 0 radical (unpaired) electrons. The lowest BCUT2D eigenvalue weighted by molar-refractivity contribution is -0.137. The lowest BCUT2D eigenvalue weighted by Crippen LogP contribution is -2.33. The number of carbonyl (C=O) groups is 2. The smallest absolute Gasteiger partial charge is 0.326 e. The maximum absolute atomic E-state index is 12.8. The van der Waals surface area contributed by atoms with Gasteiger partial charge in [0.25, 0.3) is 0 Å². The molecule has 0 aliphatic rings. The zero-order chi connectivity index (χ0) is 22.8. The highest BCUT2D eigenvalue weighted by Gasteiger charge is 2.31. The van der Waals surface area contributed by atoms with Crippen LogP contribution in [0.15, 0.2) is 47.4 Å². The Labute approximate surface area is 178 Å². The van der Waals surface area contributed by atoms with Gasteiger partial charge < -0.3 is 10.6 Å². The number of sulfonamides is 1. The van der Waals surface area contributed by atoms with Crippen molar-refractivity contribution in [3.63, 3.8) is 0 Å². The maximum atomic E-state index is 12.8. The predicted molar refractivity (Wildman–Crippen MR) is 109 cm³/mol. The second kappa shape index (κ2) is 8.61. The van der Waals surface area contributed by atoms with E-state index in [2.05, 4.69) is 15.6 Å². The molecule has 3 rings (SSSR count). The molecule has 8 nitrogen and oxygen atoms in total. The van der Waals surface area contributed by atoms with E-state index < -0.39 is 39.1 Å². The zero-order valence-electron chi connectivity index (χ0n) is 15.8. The third kappa shape index (κ3) is 5.77. The highest BCUT2D eigenvalue weighted by atomic mass is 32.2. The summed E-state index contributed by atoms with van der Waals surface area (Å²) < 4.78 is 65.4. The number of carbonyl (C=O) groups excluding carboxylic acids is 2. The van der Waals surface area contributed by atoms with Crippen molar-refractivity contribution in [3.8, 4) is 0 Å². The number of nitrogens with zero attached hydrogens (tertiary/aromatic N) is 1. The molecule has 0 aliphatic heterocycles. The third-order valence-corrected chi connectivity index (χ3v) is 6.18. The first-order chi connectivity index (χ1) is 14.4. The summed E-state index contributed by atoms with van der Waals surface area (Å²) in [5.41, 5.74) is -0.0118. The number of fused-ring (bicyclic) bond motifs is 1. The number of alkyl halides is 3. The van der Waals surface area contributed by atoms with E-state index in [1.807, 2.05) is 4.72 Å². The third-order valence-electron chi connectivity index (χ3n) is 3.85. The van der Waals surface area contributed by atoms with Gasteiger partial charge in [0.1, 0.15) is 0 Å². The lowest BCUT2D eigenvalue weighted by atomic mass is 10.2. The predicted octanol–water partition coefficient (Wildman–Crippen LogP) is 3.19. The molecule has 0 unspecified atom stereocenters. The summed E-state index contributed by atoms with van der Waals surface area (Å²) >= 11 is 1.10. The van der Waals surface area contributed by atoms with E-state index in [0.717, 1.165) is 29.5 Å². The van der Waals surface area contributed by atoms with E-state index in [9.17, 15) is 31.2 Å². The van der Waals surface area contributed by atoms with Crippen LogP contribution in [0.25, 0.3) is 10.2 Å². The van der Waals surface area contributed by atoms with Gasteiger partial charge in [-0.1, -0.05) is 17.4 Å². The van der Waals surface area contributed by atoms with Crippen LogP contribution in [-0.4, -0.2) is 31.8 Å². The van der Waals surface area contributed by atoms with E-state index >= 15 is 0 Å². The topological polar surface area (TPSA) is 117 Å². The van der Waals surface area contributed by atoms with Crippen LogP contribution in [0.4, 0.5) is 24.0 Å². The number of thiazole rings is 1. The first-order valence-corrected chi connectivity index (χ1v) is 10.9. The fourth-order valence-corrected chi connectivity index (χ4v) is 4.45. The molecular formula is C18H15F3N4O4S2. The van der Waals surface area contributed by atoms with Crippen LogP contribution in [0.3, 0.4) is 0 Å². The van der Waals surface area contributed by atoms with Gasteiger partial charge in [0.15, 0.2) is 5.13 Å². The average molecular weight is 472 g/mol. The molecule has 0 fully saturated rings. The molecule has 3 aromatic rings. The number of nitrogens with one attached hydrogen (secondary N) is 3. The number of halogens is 3. The lowest BCUT2D eigenvalue weighted by Gasteiger charge is -2.10. The Hall–Kier alpha value is -3.03. The summed E-state index contributed by atoms with van der Waals surface area (Å²) in [6.45, 7) is 0.661. The van der Waals surface area contributed by atoms with E-state index in [-0.39, 0.29) is 11.0 Å². The Bertz CT molecular complexity index is 1260. The molecule has 1 heterocycles. The number of benzene rings is 2. The standard InChI is InChI=1S/C18H15F3N4O4S2/c1-10(26)23-12-5-6-14-15(8-12)30-17(24-14)25-16(27)9-22-31(28,29)13-4-2-3-11(7-13)18(19,20)21/h2-8,22H,9H2,1H3,(H,23,26)(H,24,25,27). The van der Waals surface area contributed by atoms with Crippen molar-refractivity contribution in [1.82, 2.24) is 9.71 Å². The van der Waals surface area contributed by atoms with Gasteiger partial charge in [-0.2, -0.15) is 13.2 Å². The van der Waals surface area contributed by atoms with Gasteiger partial charge in [0, 0.05) is 12.6 Å². The molecule has 0 aliphatic carbocycles. The molecule has 3 N–H and O–H groups in total. The molecule has 0 atom stereocenters. The number of aromatic nitrogens is 1. The minimum Gasteiger partial charge on any atom is -0.326 e. The van der Waals surface area contributed by atoms with Crippen LogP contribution in [0.1, 0.15) is 12.5 Å². The summed E-state index contributed by atoms with van der Waals surface area (Å²) in [7, 11) is -4.34. The van der Waals surface area contributed by atoms with Gasteiger partial charge in [0.2, 0.25) is 21.8 Å². The van der Waals surface area contributed by atoms with E-state index in [0.29, 0.717) is 22.0 Å². The normalized spacial score (nSPS) is 12.0. The highest BCUT2D eigenvalue weighted by Crippen LogP contribution is 2.30. The Morgan fingerprint density at radius 1 is 1.10 bits per heavy atom. The number of amides is 2. The minimum atomic E-state index is -4.70. The van der Waals surface area contributed by atoms with Crippen molar-refractivity contribution in [2.75, 3.05) is 17.2 Å². The summed E-state index contributed by atoms with van der Waals surface area (Å²) in [4.78, 5) is 26.8. The highest BCUT2D eigenvalue weighted by molar-refractivity contribution is 7.89. The molecule has 0 spiro atoms. The van der Waals surface area contributed by atoms with Crippen LogP contribution in [0.2, 0.25) is 0 Å². The number of rotatable bonds is 6. The Balaban J connectivity index is 1.66. The summed E-state index contributed by atoms with van der Waals surface area (Å²) in [5.74, 6) is -0.998. The Morgan fingerprint density at radius 2 is 1.84 bits per heavy atom. The van der Waals surface area contributed by atoms with Crippen LogP contribution in [-0.2, 0) is 25.8 Å². The molecule has 13 heteroatoms. The average Bonchev–Trinajstić information content (AvgIpc) is 3.07. The molecule has 0 saturated heterocycles. The van der Waals surface area contributed by atoms with Crippen LogP contribution in [0.5, 0.6) is 0 Å². The first kappa shape index (κ1) is 22.7. The number of hydrogen-bond acceptors (Lipinski definition) is 6. The van der Waals surface area contributed by atoms with Gasteiger partial charge >= 0.3 is 6.18 Å². The number of hydrogen-bond donors (Lipinski definition) is 3. The van der Waals surface area contributed by atoms with Crippen LogP contribution >= 0.6 is 11.3 Å². The van der Waals surface area contributed by atoms with E-state index in [1.54, 1.807) is 18.2 Å². The van der Waals surface area contributed by atoms with Gasteiger partial charge in [-0.15, -0.1) is 0 Å². The Morgan fingerprint density at radius 3 is 2.52 bits per heavy atom. The molecular weight excluding hydrogens is 457 g/mol. The van der Waals surface area contributed by atoms with Gasteiger partial charge in [0.05, 0.1) is 27.2 Å². The largest absolute Gasteiger partial charge is 0.416 e. The summed E-state index contributed by atoms with van der Waals surface area (Å²) in [6.07, 6.45) is -4.70. The molecule has 1 aromatic heterocycles. The van der Waals surface area contributed by atoms with Crippen molar-refractivity contribution in [1.29, 1.82) is 0 Å². The van der Waals surface area contributed by atoms with Crippen LogP contribution in [0, 0.1) is 0 Å². The van der Waals surface area contributed by atoms with Gasteiger partial charge in [-0.25, -0.2) is 18.1 Å². The molecule has 31 heavy (non-hydrogen) atoms. The minimum absolute atomic E-state index is 0.193. The van der Waals surface area contributed by atoms with Crippen molar-refractivity contribution >= 4 is 54.2 Å². The van der Waals surface area contributed by atoms with Gasteiger partial charge in [-0.05, 0) is 36.4 Å². The summed E-state index contributed by atoms with van der Waals surface area (Å²) in [5, 5.41) is 5.24. The van der Waals surface area contributed by atoms with Crippen molar-refractivity contribution in [3.05, 3.63) is 48.0 Å². The van der Waals surface area contributed by atoms with E-state index in [1.165, 1.54) is 6.92 Å². The van der Waals surface area contributed by atoms with Crippen molar-refractivity contribution < 1.29 is 31.2 Å². The molecule has 0 saturated carbocycles. The van der Waals surface area contributed by atoms with Crippen molar-refractivity contribution in [2.45, 2.75) is 18.0 Å². The first-order valence-electron chi connectivity index (χ1n) is 8.59. The molecule has 2 amide bonds. The fraction of sp³-hybridized carbons (Fsp3) is 0.167. The fourth-order valence-electron chi connectivity index (χ4n) is 2.51. The zero-order valence-corrected chi connectivity index (χ0v) is 17.4. The molecule has 2 aromatic carbocycles. The molecule has 164 valence electrons. The number of anilines is 2. The monoisotopic (exact) mass is 472 g/mol. The molecule has 0 bridgehead atoms. The second-order valence-electron chi connectivity index (χ2n) is 6.28. The Kier molecular flexibility index (Phi) is 6.29.